The van der Waals surface area contributed by atoms with Crippen molar-refractivity contribution < 1.29 is 23.9 Å². The molecule has 1 saturated carbocycles. The van der Waals surface area contributed by atoms with Crippen molar-refractivity contribution >= 4 is 35.1 Å². The Bertz CT molecular complexity index is 726. The first-order valence-corrected chi connectivity index (χ1v) is 8.93. The molecule has 3 rings (SSSR count). The third kappa shape index (κ3) is 3.83. The SMILES string of the molecule is COC(=O)c1ccc(Cl)c(NC(=O)C2(C(=O)NCC3CCCO3)CC2)c1. The summed E-state index contributed by atoms with van der Waals surface area (Å²) in [6.45, 7) is 1.12. The van der Waals surface area contributed by atoms with Crippen LogP contribution in [0.5, 0.6) is 0 Å². The summed E-state index contributed by atoms with van der Waals surface area (Å²) in [7, 11) is 1.27. The van der Waals surface area contributed by atoms with E-state index in [9.17, 15) is 14.4 Å². The molecule has 0 aromatic heterocycles. The second kappa shape index (κ2) is 7.63. The highest BCUT2D eigenvalue weighted by Crippen LogP contribution is 2.47. The molecule has 1 heterocycles. The highest BCUT2D eigenvalue weighted by atomic mass is 35.5. The van der Waals surface area contributed by atoms with Gasteiger partial charge in [-0.2, -0.15) is 0 Å². The van der Waals surface area contributed by atoms with Gasteiger partial charge in [-0.1, -0.05) is 11.6 Å². The van der Waals surface area contributed by atoms with Crippen LogP contribution >= 0.6 is 11.6 Å². The number of esters is 1. The minimum absolute atomic E-state index is 0.0176. The molecule has 1 aromatic rings. The van der Waals surface area contributed by atoms with Crippen LogP contribution in [0.15, 0.2) is 18.2 Å². The maximum absolute atomic E-state index is 12.7. The van der Waals surface area contributed by atoms with Crippen LogP contribution in [0.4, 0.5) is 5.69 Å². The summed E-state index contributed by atoms with van der Waals surface area (Å²) in [5, 5.41) is 5.77. The minimum atomic E-state index is -1.08. The van der Waals surface area contributed by atoms with Crippen molar-refractivity contribution in [2.24, 2.45) is 5.41 Å². The number of nitrogens with one attached hydrogen (secondary N) is 2. The molecule has 2 fully saturated rings. The van der Waals surface area contributed by atoms with Crippen LogP contribution in [0, 0.1) is 5.41 Å². The van der Waals surface area contributed by atoms with Crippen LogP contribution in [-0.2, 0) is 19.1 Å². The molecule has 8 heteroatoms. The van der Waals surface area contributed by atoms with Crippen LogP contribution in [0.2, 0.25) is 5.02 Å². The third-order valence-corrected chi connectivity index (χ3v) is 5.10. The Morgan fingerprint density at radius 1 is 1.31 bits per heavy atom. The van der Waals surface area contributed by atoms with E-state index >= 15 is 0 Å². The van der Waals surface area contributed by atoms with Gasteiger partial charge in [0, 0.05) is 13.2 Å². The van der Waals surface area contributed by atoms with E-state index in [1.165, 1.54) is 25.3 Å². The zero-order valence-electron chi connectivity index (χ0n) is 14.5. The smallest absolute Gasteiger partial charge is 0.337 e. The summed E-state index contributed by atoms with van der Waals surface area (Å²) in [5.74, 6) is -1.26. The first-order chi connectivity index (χ1) is 12.5. The summed E-state index contributed by atoms with van der Waals surface area (Å²) >= 11 is 6.10. The monoisotopic (exact) mass is 380 g/mol. The molecule has 2 N–H and O–H groups in total. The molecule has 2 amide bonds. The molecule has 1 aromatic carbocycles. The van der Waals surface area contributed by atoms with Gasteiger partial charge in [0.05, 0.1) is 29.5 Å². The predicted octanol–water partition coefficient (Wildman–Crippen LogP) is 2.14. The van der Waals surface area contributed by atoms with Gasteiger partial charge in [-0.15, -0.1) is 0 Å². The first kappa shape index (κ1) is 18.7. The quantitative estimate of drug-likeness (QED) is 0.582. The van der Waals surface area contributed by atoms with Gasteiger partial charge in [-0.25, -0.2) is 4.79 Å². The normalized spacial score (nSPS) is 20.3. The molecule has 26 heavy (non-hydrogen) atoms. The fraction of sp³-hybridized carbons (Fsp3) is 0.500. The highest BCUT2D eigenvalue weighted by molar-refractivity contribution is 6.34. The van der Waals surface area contributed by atoms with Crippen molar-refractivity contribution in [1.29, 1.82) is 0 Å². The molecule has 1 unspecified atom stereocenters. The second-order valence-corrected chi connectivity index (χ2v) is 6.97. The van der Waals surface area contributed by atoms with Gasteiger partial charge in [-0.05, 0) is 43.9 Å². The van der Waals surface area contributed by atoms with Crippen molar-refractivity contribution in [2.75, 3.05) is 25.6 Å². The van der Waals surface area contributed by atoms with Crippen LogP contribution in [0.3, 0.4) is 0 Å². The number of hydrogen-bond acceptors (Lipinski definition) is 5. The molecule has 0 spiro atoms. The number of methoxy groups -OCH3 is 1. The lowest BCUT2D eigenvalue weighted by Crippen LogP contribution is -2.42. The second-order valence-electron chi connectivity index (χ2n) is 6.57. The Kier molecular flexibility index (Phi) is 5.48. The van der Waals surface area contributed by atoms with E-state index in [0.717, 1.165) is 12.8 Å². The molecular formula is C18H21ClN2O5. The van der Waals surface area contributed by atoms with E-state index < -0.39 is 17.3 Å². The molecule has 0 bridgehead atoms. The maximum Gasteiger partial charge on any atom is 0.337 e. The summed E-state index contributed by atoms with van der Waals surface area (Å²) in [6.07, 6.45) is 2.87. The van der Waals surface area contributed by atoms with E-state index in [2.05, 4.69) is 15.4 Å². The Balaban J connectivity index is 1.65. The van der Waals surface area contributed by atoms with Gasteiger partial charge in [-0.3, -0.25) is 9.59 Å². The average molecular weight is 381 g/mol. The van der Waals surface area contributed by atoms with Crippen molar-refractivity contribution in [3.8, 4) is 0 Å². The number of amides is 2. The summed E-state index contributed by atoms with van der Waals surface area (Å²) in [4.78, 5) is 36.8. The molecule has 1 aliphatic heterocycles. The average Bonchev–Trinajstić information content (AvgIpc) is 3.30. The van der Waals surface area contributed by atoms with Gasteiger partial charge in [0.15, 0.2) is 0 Å². The lowest BCUT2D eigenvalue weighted by molar-refractivity contribution is -0.134. The van der Waals surface area contributed by atoms with Crippen LogP contribution < -0.4 is 10.6 Å². The van der Waals surface area contributed by atoms with Crippen LogP contribution in [0.1, 0.15) is 36.0 Å². The molecule has 1 atom stereocenters. The molecule has 7 nitrogen and oxygen atoms in total. The molecule has 1 aliphatic carbocycles. The molecular weight excluding hydrogens is 360 g/mol. The molecule has 1 saturated heterocycles. The maximum atomic E-state index is 12.7. The molecule has 0 radical (unpaired) electrons. The van der Waals surface area contributed by atoms with Gasteiger partial charge in [0.2, 0.25) is 11.8 Å². The topological polar surface area (TPSA) is 93.7 Å². The van der Waals surface area contributed by atoms with Crippen LogP contribution in [0.25, 0.3) is 0 Å². The van der Waals surface area contributed by atoms with Crippen molar-refractivity contribution in [1.82, 2.24) is 5.32 Å². The van der Waals surface area contributed by atoms with Crippen molar-refractivity contribution in [2.45, 2.75) is 31.8 Å². The number of rotatable bonds is 6. The zero-order valence-corrected chi connectivity index (χ0v) is 15.2. The summed E-state index contributed by atoms with van der Waals surface area (Å²) < 4.78 is 10.1. The number of benzene rings is 1. The minimum Gasteiger partial charge on any atom is -0.465 e. The number of halogens is 1. The largest absolute Gasteiger partial charge is 0.465 e. The number of anilines is 1. The number of hydrogen-bond donors (Lipinski definition) is 2. The van der Waals surface area contributed by atoms with Crippen molar-refractivity contribution in [3.63, 3.8) is 0 Å². The number of ether oxygens (including phenoxy) is 2. The van der Waals surface area contributed by atoms with E-state index in [4.69, 9.17) is 16.3 Å². The predicted molar refractivity (Wildman–Crippen MR) is 95.1 cm³/mol. The zero-order chi connectivity index (χ0) is 18.7. The summed E-state index contributed by atoms with van der Waals surface area (Å²) in [6, 6.07) is 4.44. The van der Waals surface area contributed by atoms with Gasteiger partial charge in [0.25, 0.3) is 0 Å². The number of carbonyl (C=O) groups is 3. The van der Waals surface area contributed by atoms with Crippen LogP contribution in [-0.4, -0.2) is 44.1 Å². The van der Waals surface area contributed by atoms with Gasteiger partial charge < -0.3 is 20.1 Å². The molecule has 2 aliphatic rings. The van der Waals surface area contributed by atoms with Crippen molar-refractivity contribution in [3.05, 3.63) is 28.8 Å². The lowest BCUT2D eigenvalue weighted by atomic mass is 10.0. The van der Waals surface area contributed by atoms with E-state index in [1.807, 2.05) is 0 Å². The number of carbonyl (C=O) groups excluding carboxylic acids is 3. The fourth-order valence-electron chi connectivity index (χ4n) is 2.97. The Labute approximate surface area is 156 Å². The first-order valence-electron chi connectivity index (χ1n) is 8.55. The standard InChI is InChI=1S/C18H21ClN2O5/c1-25-15(22)11-4-5-13(19)14(9-11)21-17(24)18(6-7-18)16(23)20-10-12-3-2-8-26-12/h4-5,9,12H,2-3,6-8,10H2,1H3,(H,20,23)(H,21,24). The Morgan fingerprint density at radius 3 is 2.69 bits per heavy atom. The third-order valence-electron chi connectivity index (χ3n) is 4.77. The lowest BCUT2D eigenvalue weighted by Gasteiger charge is -2.18. The highest BCUT2D eigenvalue weighted by Gasteiger charge is 2.56. The summed E-state index contributed by atoms with van der Waals surface area (Å²) in [5.41, 5.74) is -0.541. The van der Waals surface area contributed by atoms with E-state index in [0.29, 0.717) is 26.0 Å². The van der Waals surface area contributed by atoms with E-state index in [-0.39, 0.29) is 28.3 Å². The van der Waals surface area contributed by atoms with E-state index in [1.54, 1.807) is 0 Å². The van der Waals surface area contributed by atoms with Gasteiger partial charge >= 0.3 is 5.97 Å². The molecule has 140 valence electrons. The fourth-order valence-corrected chi connectivity index (χ4v) is 3.14. The Morgan fingerprint density at radius 2 is 2.08 bits per heavy atom. The van der Waals surface area contributed by atoms with Gasteiger partial charge in [0.1, 0.15) is 5.41 Å². The Hall–Kier alpha value is -2.12.